The quantitative estimate of drug-likeness (QED) is 0.0421. The van der Waals surface area contributed by atoms with Gasteiger partial charge in [0, 0.05) is 28.8 Å². The van der Waals surface area contributed by atoms with Crippen molar-refractivity contribution in [1.82, 2.24) is 0 Å². The Labute approximate surface area is 419 Å². The first-order valence-electron chi connectivity index (χ1n) is 18.1. The van der Waals surface area contributed by atoms with Gasteiger partial charge in [-0.3, -0.25) is 0 Å². The fraction of sp³-hybridized carbons (Fsp3) is 0.0870. The number of halogens is 12. The normalized spacial score (nSPS) is 10.5. The fourth-order valence-corrected chi connectivity index (χ4v) is 4.00. The van der Waals surface area contributed by atoms with Crippen molar-refractivity contribution in [2.75, 3.05) is 5.73 Å². The second-order valence-electron chi connectivity index (χ2n) is 12.4. The summed E-state index contributed by atoms with van der Waals surface area (Å²) in [5.41, 5.74) is 6.38. The van der Waals surface area contributed by atoms with E-state index < -0.39 is 71.0 Å². The minimum Gasteiger partial charge on any atom is -0.399 e. The second-order valence-corrected chi connectivity index (χ2v) is 12.4. The van der Waals surface area contributed by atoms with E-state index in [4.69, 9.17) is 5.73 Å². The molecule has 5 aromatic rings. The molecule has 2 N–H and O–H groups in total. The molecule has 0 atom stereocenters. The van der Waals surface area contributed by atoms with Gasteiger partial charge >= 0.3 is 74.1 Å². The van der Waals surface area contributed by atoms with Crippen molar-refractivity contribution in [2.24, 2.45) is 0 Å². The molecule has 0 spiro atoms. The number of anilines is 1. The molecule has 68 heavy (non-hydrogen) atoms. The molecule has 0 saturated heterocycles. The van der Waals surface area contributed by atoms with E-state index in [1.165, 1.54) is 97.1 Å². The van der Waals surface area contributed by atoms with E-state index in [2.05, 4.69) is 0 Å². The van der Waals surface area contributed by atoms with Crippen LogP contribution in [0.3, 0.4) is 0 Å². The largest absolute Gasteiger partial charge is 3.00 e. The van der Waals surface area contributed by atoms with Crippen LogP contribution in [-0.2, 0) is 19.2 Å². The molecular formula is C46H31EuF12NO8-. The first-order chi connectivity index (χ1) is 31.0. The Morgan fingerprint density at radius 2 is 0.441 bits per heavy atom. The number of carbonyl (C=O) groups excluding carboxylic acids is 8. The first kappa shape index (κ1) is 61.5. The Morgan fingerprint density at radius 1 is 0.294 bits per heavy atom. The van der Waals surface area contributed by atoms with Crippen molar-refractivity contribution in [1.29, 1.82) is 0 Å². The molecule has 0 aliphatic rings. The third kappa shape index (κ3) is 25.4. The van der Waals surface area contributed by atoms with Crippen LogP contribution in [0.15, 0.2) is 152 Å². The van der Waals surface area contributed by atoms with Gasteiger partial charge in [-0.2, -0.15) is 52.7 Å². The van der Waals surface area contributed by atoms with Crippen LogP contribution in [-0.4, -0.2) is 71.0 Å². The zero-order chi connectivity index (χ0) is 51.0. The van der Waals surface area contributed by atoms with E-state index in [1.54, 1.807) is 24.3 Å². The minimum atomic E-state index is -5.00. The summed E-state index contributed by atoms with van der Waals surface area (Å²) in [5, 5.41) is 0. The Morgan fingerprint density at radius 3 is 0.559 bits per heavy atom. The molecule has 0 fully saturated rings. The standard InChI is InChI=1S/4C10H6F3O2.C6H7N.Eu/c4*11-10(12,13)9(15)6-8(14)7-4-2-1-3-5-7;7-6-4-2-1-3-5-6;/h4*1-6H;1-5H,7H2;/q4*-1;;+3. The molecule has 22 heteroatoms. The Balaban J connectivity index is 0.000000835. The van der Waals surface area contributed by atoms with Crippen LogP contribution < -0.4 is 5.73 Å². The van der Waals surface area contributed by atoms with Gasteiger partial charge in [0.25, 0.3) is 0 Å². The molecule has 0 bridgehead atoms. The minimum absolute atomic E-state index is 0. The number of nitrogens with two attached hydrogens (primary N) is 1. The maximum absolute atomic E-state index is 11.8. The van der Waals surface area contributed by atoms with E-state index in [0.29, 0.717) is 0 Å². The van der Waals surface area contributed by atoms with Crippen molar-refractivity contribution in [3.05, 3.63) is 200 Å². The van der Waals surface area contributed by atoms with E-state index >= 15 is 0 Å². The maximum atomic E-state index is 11.8. The summed E-state index contributed by atoms with van der Waals surface area (Å²) < 4.78 is 142. The zero-order valence-corrected chi connectivity index (χ0v) is 36.4. The average Bonchev–Trinajstić information content (AvgIpc) is 3.27. The van der Waals surface area contributed by atoms with Gasteiger partial charge in [0.2, 0.25) is 0 Å². The average molecular weight is 1110 g/mol. The van der Waals surface area contributed by atoms with Gasteiger partial charge in [0.05, 0.1) is 0 Å². The van der Waals surface area contributed by atoms with Crippen molar-refractivity contribution < 1.29 is 140 Å². The summed E-state index contributed by atoms with van der Waals surface area (Å²) in [7, 11) is 0. The Kier molecular flexibility index (Phi) is 26.5. The van der Waals surface area contributed by atoms with Crippen molar-refractivity contribution in [3.8, 4) is 0 Å². The molecule has 0 aliphatic carbocycles. The summed E-state index contributed by atoms with van der Waals surface area (Å²) in [6.45, 7) is 0. The van der Waals surface area contributed by atoms with Gasteiger partial charge in [-0.05, 0) is 12.1 Å². The molecule has 5 rings (SSSR count). The number of nitrogen functional groups attached to an aromatic ring is 1. The molecule has 0 heterocycles. The van der Waals surface area contributed by atoms with Crippen LogP contribution >= 0.6 is 0 Å². The third-order valence-corrected chi connectivity index (χ3v) is 7.20. The van der Waals surface area contributed by atoms with Crippen LogP contribution in [0, 0.1) is 75.1 Å². The van der Waals surface area contributed by atoms with E-state index in [-0.39, 0.29) is 97.3 Å². The van der Waals surface area contributed by atoms with Crippen molar-refractivity contribution in [3.63, 3.8) is 0 Å². The monoisotopic (exact) mass is 1110 g/mol. The van der Waals surface area contributed by atoms with Crippen LogP contribution in [0.1, 0.15) is 41.4 Å². The Bertz CT molecular complexity index is 2090. The van der Waals surface area contributed by atoms with Crippen molar-refractivity contribution >= 4 is 52.0 Å². The van der Waals surface area contributed by atoms with Crippen LogP contribution in [0.2, 0.25) is 0 Å². The number of carbonyl (C=O) groups is 8. The number of alkyl halides is 12. The number of benzene rings is 5. The van der Waals surface area contributed by atoms with E-state index in [0.717, 1.165) is 5.69 Å². The first-order valence-corrected chi connectivity index (χ1v) is 18.1. The molecule has 0 saturated carbocycles. The molecule has 0 radical (unpaired) electrons. The topological polar surface area (TPSA) is 163 Å². The van der Waals surface area contributed by atoms with Crippen molar-refractivity contribution in [2.45, 2.75) is 24.7 Å². The van der Waals surface area contributed by atoms with Crippen LogP contribution in [0.5, 0.6) is 0 Å². The maximum Gasteiger partial charge on any atom is 3.00 e. The SMILES string of the molecule is Nc1ccccc1.O=C([CH-]C(=O)C(F)(F)F)c1ccccc1.O=C([CH-]C(=O)C(F)(F)F)c1ccccc1.O=C([CH-]C(=O)C(F)(F)F)c1ccccc1.O=C([CH-]C(=O)C(F)(F)F)c1ccccc1.[Eu+3]. The predicted molar refractivity (Wildman–Crippen MR) is 215 cm³/mol. The molecule has 9 nitrogen and oxygen atoms in total. The molecular weight excluding hydrogens is 1070 g/mol. The number of para-hydroxylation sites is 1. The fourth-order valence-electron chi connectivity index (χ4n) is 4.00. The van der Waals surface area contributed by atoms with E-state index in [9.17, 15) is 91.0 Å². The van der Waals surface area contributed by atoms with Crippen LogP contribution in [0.25, 0.3) is 0 Å². The second kappa shape index (κ2) is 29.3. The predicted octanol–water partition coefficient (Wildman–Crippen LogP) is 10.1. The van der Waals surface area contributed by atoms with Gasteiger partial charge < -0.3 is 44.1 Å². The van der Waals surface area contributed by atoms with Crippen LogP contribution in [0.4, 0.5) is 58.4 Å². The number of ketones is 8. The summed E-state index contributed by atoms with van der Waals surface area (Å²) in [4.78, 5) is 86.3. The van der Waals surface area contributed by atoms with Gasteiger partial charge in [-0.1, -0.05) is 91.0 Å². The van der Waals surface area contributed by atoms with Gasteiger partial charge in [0.15, 0.2) is 23.1 Å². The third-order valence-electron chi connectivity index (χ3n) is 7.20. The zero-order valence-electron chi connectivity index (χ0n) is 34.0. The summed E-state index contributed by atoms with van der Waals surface area (Å²) in [6, 6.07) is 38.6. The number of Topliss-reactive ketones (excluding diaryl/α,β-unsaturated/α-hetero) is 8. The Hall–Kier alpha value is -6.52. The summed E-state index contributed by atoms with van der Waals surface area (Å²) >= 11 is 0. The van der Waals surface area contributed by atoms with Gasteiger partial charge in [0.1, 0.15) is 0 Å². The number of hydrogen-bond acceptors (Lipinski definition) is 9. The summed E-state index contributed by atoms with van der Waals surface area (Å²) in [5.74, 6) is -12.4. The van der Waals surface area contributed by atoms with Gasteiger partial charge in [-0.15, -0.1) is 96.5 Å². The molecule has 0 amide bonds. The number of rotatable bonds is 12. The molecule has 0 unspecified atom stereocenters. The number of hydrogen-bond donors (Lipinski definition) is 1. The van der Waals surface area contributed by atoms with Gasteiger partial charge in [-0.25, -0.2) is 0 Å². The molecule has 360 valence electrons. The molecule has 5 aromatic carbocycles. The molecule has 0 aromatic heterocycles. The smallest absolute Gasteiger partial charge is 0.399 e. The molecule has 0 aliphatic heterocycles. The van der Waals surface area contributed by atoms with E-state index in [1.807, 2.05) is 30.3 Å². The summed E-state index contributed by atoms with van der Waals surface area (Å²) in [6.07, 6.45) is -19.8.